The number of nitrogens with one attached hydrogen (secondary N) is 1. The van der Waals surface area contributed by atoms with Crippen LogP contribution in [0.2, 0.25) is 0 Å². The molecule has 0 aromatic heterocycles. The number of hydrogen-bond acceptors (Lipinski definition) is 4. The van der Waals surface area contributed by atoms with Crippen molar-refractivity contribution in [2.45, 2.75) is 20.3 Å². The summed E-state index contributed by atoms with van der Waals surface area (Å²) < 4.78 is 0. The third-order valence-electron chi connectivity index (χ3n) is 2.52. The van der Waals surface area contributed by atoms with Crippen LogP contribution in [0.1, 0.15) is 20.3 Å². The molecule has 0 heterocycles. The monoisotopic (exact) mass is 246 g/mol. The highest BCUT2D eigenvalue weighted by Crippen LogP contribution is 2.17. The Morgan fingerprint density at radius 2 is 1.82 bits per heavy atom. The molecule has 0 fully saturated rings. The van der Waals surface area contributed by atoms with E-state index in [4.69, 9.17) is 10.2 Å². The number of carboxylic acid groups (broad SMARTS) is 2. The summed E-state index contributed by atoms with van der Waals surface area (Å²) in [6.07, 6.45) is 0.0272. The zero-order valence-corrected chi connectivity index (χ0v) is 10.7. The molecule has 0 aromatic rings. The number of hydrogen-bond donors (Lipinski definition) is 3. The van der Waals surface area contributed by atoms with Crippen molar-refractivity contribution in [3.63, 3.8) is 0 Å². The number of carbonyl (C=O) groups is 2. The fourth-order valence-corrected chi connectivity index (χ4v) is 1.42. The van der Waals surface area contributed by atoms with E-state index in [0.29, 0.717) is 26.2 Å². The van der Waals surface area contributed by atoms with Gasteiger partial charge in [0, 0.05) is 26.2 Å². The average molecular weight is 246 g/mol. The van der Waals surface area contributed by atoms with E-state index < -0.39 is 17.4 Å². The standard InChI is InChI=1S/C11H22N2O4/c1-11(2,10(16)17)8-13(7-5-12-3)6-4-9(14)15/h12H,4-8H2,1-3H3,(H,14,15)(H,16,17). The van der Waals surface area contributed by atoms with Gasteiger partial charge in [-0.15, -0.1) is 0 Å². The fraction of sp³-hybridized carbons (Fsp3) is 0.818. The molecule has 0 aliphatic heterocycles. The smallest absolute Gasteiger partial charge is 0.310 e. The minimum Gasteiger partial charge on any atom is -0.481 e. The Morgan fingerprint density at radius 3 is 2.24 bits per heavy atom. The number of rotatable bonds is 9. The summed E-state index contributed by atoms with van der Waals surface area (Å²) in [6.45, 7) is 5.34. The molecule has 0 aliphatic carbocycles. The summed E-state index contributed by atoms with van der Waals surface area (Å²) in [6, 6.07) is 0. The second kappa shape index (κ2) is 7.24. The van der Waals surface area contributed by atoms with E-state index in [1.165, 1.54) is 0 Å². The van der Waals surface area contributed by atoms with Gasteiger partial charge in [-0.3, -0.25) is 9.59 Å². The second-order valence-electron chi connectivity index (χ2n) is 4.71. The molecule has 0 rings (SSSR count). The zero-order chi connectivity index (χ0) is 13.5. The van der Waals surface area contributed by atoms with Crippen molar-refractivity contribution >= 4 is 11.9 Å². The van der Waals surface area contributed by atoms with Crippen LogP contribution in [-0.4, -0.2) is 60.3 Å². The Hall–Kier alpha value is -1.14. The Kier molecular flexibility index (Phi) is 6.75. The molecule has 100 valence electrons. The predicted molar refractivity (Wildman–Crippen MR) is 64.0 cm³/mol. The van der Waals surface area contributed by atoms with Gasteiger partial charge in [-0.25, -0.2) is 0 Å². The first kappa shape index (κ1) is 15.9. The molecule has 3 N–H and O–H groups in total. The summed E-state index contributed by atoms with van der Waals surface area (Å²) in [5, 5.41) is 20.6. The lowest BCUT2D eigenvalue weighted by Crippen LogP contribution is -2.42. The Bertz CT molecular complexity index is 266. The fourth-order valence-electron chi connectivity index (χ4n) is 1.42. The van der Waals surface area contributed by atoms with Crippen molar-refractivity contribution in [3.8, 4) is 0 Å². The highest BCUT2D eigenvalue weighted by molar-refractivity contribution is 5.73. The molecule has 0 amide bonds. The summed E-state index contributed by atoms with van der Waals surface area (Å²) in [7, 11) is 1.80. The lowest BCUT2D eigenvalue weighted by molar-refractivity contribution is -0.148. The van der Waals surface area contributed by atoms with E-state index >= 15 is 0 Å². The Balaban J connectivity index is 4.36. The van der Waals surface area contributed by atoms with Crippen molar-refractivity contribution in [3.05, 3.63) is 0 Å². The van der Waals surface area contributed by atoms with Crippen LogP contribution < -0.4 is 5.32 Å². The number of likely N-dealkylation sites (N-methyl/N-ethyl adjacent to an activating group) is 1. The first-order valence-electron chi connectivity index (χ1n) is 5.61. The van der Waals surface area contributed by atoms with Crippen LogP contribution in [0.5, 0.6) is 0 Å². The van der Waals surface area contributed by atoms with Crippen molar-refractivity contribution in [2.75, 3.05) is 33.2 Å². The molecule has 0 unspecified atom stereocenters. The largest absolute Gasteiger partial charge is 0.481 e. The lowest BCUT2D eigenvalue weighted by atomic mass is 9.93. The summed E-state index contributed by atoms with van der Waals surface area (Å²) in [5.41, 5.74) is -0.869. The van der Waals surface area contributed by atoms with Gasteiger partial charge in [0.1, 0.15) is 0 Å². The predicted octanol–water partition coefficient (Wildman–Crippen LogP) is 0.0933. The van der Waals surface area contributed by atoms with Crippen LogP contribution in [-0.2, 0) is 9.59 Å². The molecule has 0 aliphatic rings. The normalized spacial score (nSPS) is 11.8. The molecule has 0 radical (unpaired) electrons. The minimum absolute atomic E-state index is 0.0272. The van der Waals surface area contributed by atoms with Gasteiger partial charge < -0.3 is 20.4 Å². The van der Waals surface area contributed by atoms with Gasteiger partial charge in [0.15, 0.2) is 0 Å². The van der Waals surface area contributed by atoms with E-state index in [0.717, 1.165) is 0 Å². The molecule has 0 bridgehead atoms. The molecular weight excluding hydrogens is 224 g/mol. The topological polar surface area (TPSA) is 89.9 Å². The summed E-state index contributed by atoms with van der Waals surface area (Å²) in [5.74, 6) is -1.74. The molecule has 6 heteroatoms. The maximum Gasteiger partial charge on any atom is 0.310 e. The van der Waals surface area contributed by atoms with Crippen LogP contribution in [0, 0.1) is 5.41 Å². The average Bonchev–Trinajstić information content (AvgIpc) is 2.21. The minimum atomic E-state index is -0.873. The molecule has 0 saturated heterocycles. The van der Waals surface area contributed by atoms with Gasteiger partial charge in [0.05, 0.1) is 11.8 Å². The number of carboxylic acids is 2. The van der Waals surface area contributed by atoms with E-state index in [9.17, 15) is 9.59 Å². The van der Waals surface area contributed by atoms with E-state index in [2.05, 4.69) is 5.32 Å². The SMILES string of the molecule is CNCCN(CCC(=O)O)CC(C)(C)C(=O)O. The lowest BCUT2D eigenvalue weighted by Gasteiger charge is -2.29. The summed E-state index contributed by atoms with van der Waals surface area (Å²) >= 11 is 0. The quantitative estimate of drug-likeness (QED) is 0.534. The highest BCUT2D eigenvalue weighted by atomic mass is 16.4. The van der Waals surface area contributed by atoms with Gasteiger partial charge in [0.25, 0.3) is 0 Å². The third-order valence-corrected chi connectivity index (χ3v) is 2.52. The van der Waals surface area contributed by atoms with Gasteiger partial charge >= 0.3 is 11.9 Å². The van der Waals surface area contributed by atoms with Crippen molar-refractivity contribution < 1.29 is 19.8 Å². The number of aliphatic carboxylic acids is 2. The third kappa shape index (κ3) is 6.91. The van der Waals surface area contributed by atoms with Crippen LogP contribution >= 0.6 is 0 Å². The van der Waals surface area contributed by atoms with Crippen LogP contribution in [0.4, 0.5) is 0 Å². The first-order chi connectivity index (χ1) is 7.79. The molecule has 17 heavy (non-hydrogen) atoms. The maximum absolute atomic E-state index is 11.0. The zero-order valence-electron chi connectivity index (χ0n) is 10.7. The van der Waals surface area contributed by atoms with E-state index in [1.54, 1.807) is 20.9 Å². The van der Waals surface area contributed by atoms with Crippen molar-refractivity contribution in [1.82, 2.24) is 10.2 Å². The van der Waals surface area contributed by atoms with Crippen LogP contribution in [0.15, 0.2) is 0 Å². The maximum atomic E-state index is 11.0. The molecule has 6 nitrogen and oxygen atoms in total. The number of nitrogens with zero attached hydrogens (tertiary/aromatic N) is 1. The Morgan fingerprint density at radius 1 is 1.24 bits per heavy atom. The molecule has 0 atom stereocenters. The van der Waals surface area contributed by atoms with Gasteiger partial charge in [-0.1, -0.05) is 0 Å². The van der Waals surface area contributed by atoms with Crippen molar-refractivity contribution in [1.29, 1.82) is 0 Å². The van der Waals surface area contributed by atoms with E-state index in [-0.39, 0.29) is 6.42 Å². The molecule has 0 spiro atoms. The Labute approximate surface area is 102 Å². The summed E-state index contributed by atoms with van der Waals surface area (Å²) in [4.78, 5) is 23.4. The molecule has 0 aromatic carbocycles. The van der Waals surface area contributed by atoms with Crippen LogP contribution in [0.3, 0.4) is 0 Å². The van der Waals surface area contributed by atoms with Gasteiger partial charge in [-0.05, 0) is 20.9 Å². The van der Waals surface area contributed by atoms with Crippen molar-refractivity contribution in [2.24, 2.45) is 5.41 Å². The second-order valence-corrected chi connectivity index (χ2v) is 4.71. The molecule has 0 saturated carbocycles. The highest BCUT2D eigenvalue weighted by Gasteiger charge is 2.29. The first-order valence-corrected chi connectivity index (χ1v) is 5.61. The van der Waals surface area contributed by atoms with Gasteiger partial charge in [0.2, 0.25) is 0 Å². The van der Waals surface area contributed by atoms with Crippen LogP contribution in [0.25, 0.3) is 0 Å². The van der Waals surface area contributed by atoms with Gasteiger partial charge in [-0.2, -0.15) is 0 Å². The molecular formula is C11H22N2O4. The van der Waals surface area contributed by atoms with E-state index in [1.807, 2.05) is 4.90 Å².